The normalized spacial score (nSPS) is 25.0. The molecule has 0 bridgehead atoms. The van der Waals surface area contributed by atoms with Gasteiger partial charge in [0, 0.05) is 47.7 Å². The summed E-state index contributed by atoms with van der Waals surface area (Å²) < 4.78 is 23.4. The lowest BCUT2D eigenvalue weighted by molar-refractivity contribution is -0.136. The fourth-order valence-electron chi connectivity index (χ4n) is 4.25. The number of aromatic nitrogens is 3. The molecule has 4 heterocycles. The van der Waals surface area contributed by atoms with Crippen molar-refractivity contribution in [1.82, 2.24) is 25.4 Å². The Labute approximate surface area is 170 Å². The van der Waals surface area contributed by atoms with Crippen LogP contribution in [0.25, 0.3) is 11.0 Å². The molecule has 1 fully saturated rings. The summed E-state index contributed by atoms with van der Waals surface area (Å²) in [5, 5.41) is 12.9. The first kappa shape index (κ1) is 20.0. The number of H-pyrrole nitrogens is 1. The standard InChI is InChI=1S/C20H27N5O3S/c1-13(2)17(22-15-7-10-29(27,28)12-15)20(26)25-9-4-5-14(11-25)18-16-6-3-8-21-19(16)24-23-18/h3,6-8,10,13-15,17,22H,4-5,9,11-12H2,1-2H3,(H,21,23,24). The van der Waals surface area contributed by atoms with E-state index in [9.17, 15) is 13.2 Å². The molecule has 3 unspecified atom stereocenters. The smallest absolute Gasteiger partial charge is 0.240 e. The Kier molecular flexibility index (Phi) is 5.44. The first-order valence-electron chi connectivity index (χ1n) is 10.1. The number of likely N-dealkylation sites (tertiary alicyclic amines) is 1. The molecule has 2 aliphatic rings. The van der Waals surface area contributed by atoms with Crippen LogP contribution in [0.5, 0.6) is 0 Å². The van der Waals surface area contributed by atoms with Gasteiger partial charge >= 0.3 is 0 Å². The van der Waals surface area contributed by atoms with Crippen LogP contribution in [-0.4, -0.2) is 65.3 Å². The average molecular weight is 418 g/mol. The third-order valence-corrected chi connectivity index (χ3v) is 7.15. The third-order valence-electron chi connectivity index (χ3n) is 5.76. The van der Waals surface area contributed by atoms with Gasteiger partial charge in [0.2, 0.25) is 5.91 Å². The Hall–Kier alpha value is -2.26. The summed E-state index contributed by atoms with van der Waals surface area (Å²) in [7, 11) is -3.16. The molecule has 156 valence electrons. The highest BCUT2D eigenvalue weighted by Crippen LogP contribution is 2.30. The number of piperidine rings is 1. The number of sulfone groups is 1. The van der Waals surface area contributed by atoms with Gasteiger partial charge in [0.1, 0.15) is 0 Å². The van der Waals surface area contributed by atoms with E-state index in [0.29, 0.717) is 18.7 Å². The van der Waals surface area contributed by atoms with E-state index in [-0.39, 0.29) is 29.5 Å². The topological polar surface area (TPSA) is 108 Å². The van der Waals surface area contributed by atoms with Crippen molar-refractivity contribution in [2.24, 2.45) is 5.92 Å². The van der Waals surface area contributed by atoms with Crippen LogP contribution in [0.1, 0.15) is 38.3 Å². The summed E-state index contributed by atoms with van der Waals surface area (Å²) in [4.78, 5) is 19.5. The van der Waals surface area contributed by atoms with Gasteiger partial charge in [-0.2, -0.15) is 5.10 Å². The molecule has 29 heavy (non-hydrogen) atoms. The number of aromatic amines is 1. The molecule has 2 aromatic heterocycles. The van der Waals surface area contributed by atoms with E-state index in [1.54, 1.807) is 12.3 Å². The van der Waals surface area contributed by atoms with Crippen LogP contribution in [0.4, 0.5) is 0 Å². The van der Waals surface area contributed by atoms with Gasteiger partial charge in [-0.25, -0.2) is 13.4 Å². The van der Waals surface area contributed by atoms with Gasteiger partial charge in [-0.1, -0.05) is 19.9 Å². The molecule has 0 radical (unpaired) electrons. The predicted octanol–water partition coefficient (Wildman–Crippen LogP) is 1.59. The molecule has 2 N–H and O–H groups in total. The van der Waals surface area contributed by atoms with Gasteiger partial charge in [-0.15, -0.1) is 0 Å². The summed E-state index contributed by atoms with van der Waals surface area (Å²) in [6, 6.07) is 3.17. The second-order valence-corrected chi connectivity index (χ2v) is 10.2. The minimum absolute atomic E-state index is 0.0132. The van der Waals surface area contributed by atoms with Crippen molar-refractivity contribution in [3.63, 3.8) is 0 Å². The number of hydrogen-bond donors (Lipinski definition) is 2. The Morgan fingerprint density at radius 1 is 1.38 bits per heavy atom. The number of nitrogens with zero attached hydrogens (tertiary/aromatic N) is 3. The molecule has 2 aliphatic heterocycles. The first-order valence-corrected chi connectivity index (χ1v) is 11.8. The van der Waals surface area contributed by atoms with Crippen molar-refractivity contribution in [2.75, 3.05) is 18.8 Å². The molecule has 4 rings (SSSR count). The lowest BCUT2D eigenvalue weighted by Gasteiger charge is -2.36. The summed E-state index contributed by atoms with van der Waals surface area (Å²) in [6.07, 6.45) is 5.26. The van der Waals surface area contributed by atoms with E-state index in [0.717, 1.165) is 23.9 Å². The lowest BCUT2D eigenvalue weighted by atomic mass is 9.92. The minimum atomic E-state index is -3.16. The largest absolute Gasteiger partial charge is 0.341 e. The van der Waals surface area contributed by atoms with Crippen LogP contribution < -0.4 is 5.32 Å². The van der Waals surface area contributed by atoms with E-state index in [4.69, 9.17) is 0 Å². The highest BCUT2D eigenvalue weighted by atomic mass is 32.2. The van der Waals surface area contributed by atoms with Crippen LogP contribution in [0.15, 0.2) is 29.8 Å². The summed E-state index contributed by atoms with van der Waals surface area (Å²) in [5.74, 6) is 0.279. The Balaban J connectivity index is 1.49. The predicted molar refractivity (Wildman–Crippen MR) is 111 cm³/mol. The fourth-order valence-corrected chi connectivity index (χ4v) is 5.50. The molecule has 0 aromatic carbocycles. The number of amides is 1. The summed E-state index contributed by atoms with van der Waals surface area (Å²) in [6.45, 7) is 5.30. The molecule has 0 spiro atoms. The molecular formula is C20H27N5O3S. The van der Waals surface area contributed by atoms with Crippen molar-refractivity contribution >= 4 is 26.8 Å². The second-order valence-electron chi connectivity index (χ2n) is 8.29. The number of carbonyl (C=O) groups is 1. The summed E-state index contributed by atoms with van der Waals surface area (Å²) in [5.41, 5.74) is 1.73. The second kappa shape index (κ2) is 7.87. The van der Waals surface area contributed by atoms with Gasteiger partial charge < -0.3 is 4.90 Å². The Bertz CT molecular complexity index is 1030. The van der Waals surface area contributed by atoms with Crippen LogP contribution in [0.3, 0.4) is 0 Å². The highest BCUT2D eigenvalue weighted by molar-refractivity contribution is 7.94. The highest BCUT2D eigenvalue weighted by Gasteiger charge is 2.34. The first-order chi connectivity index (χ1) is 13.8. The van der Waals surface area contributed by atoms with Gasteiger partial charge in [-0.3, -0.25) is 15.2 Å². The number of carbonyl (C=O) groups excluding carboxylic acids is 1. The number of pyridine rings is 1. The zero-order valence-corrected chi connectivity index (χ0v) is 17.5. The maximum atomic E-state index is 13.3. The van der Waals surface area contributed by atoms with Crippen LogP contribution in [0.2, 0.25) is 0 Å². The third kappa shape index (κ3) is 4.20. The Morgan fingerprint density at radius 2 is 2.21 bits per heavy atom. The molecular weight excluding hydrogens is 390 g/mol. The van der Waals surface area contributed by atoms with Crippen molar-refractivity contribution in [1.29, 1.82) is 0 Å². The van der Waals surface area contributed by atoms with Crippen LogP contribution in [-0.2, 0) is 14.6 Å². The number of rotatable bonds is 5. The van der Waals surface area contributed by atoms with E-state index in [1.165, 1.54) is 5.41 Å². The van der Waals surface area contributed by atoms with E-state index in [2.05, 4.69) is 20.5 Å². The van der Waals surface area contributed by atoms with Crippen LogP contribution >= 0.6 is 0 Å². The SMILES string of the molecule is CC(C)C(NC1C=CS(=O)(=O)C1)C(=O)N1CCCC(c2[nH]nc3ncccc23)C1. The minimum Gasteiger partial charge on any atom is -0.341 e. The zero-order chi connectivity index (χ0) is 20.6. The van der Waals surface area contributed by atoms with Crippen molar-refractivity contribution in [2.45, 2.75) is 44.7 Å². The van der Waals surface area contributed by atoms with Crippen molar-refractivity contribution in [3.05, 3.63) is 35.5 Å². The molecule has 0 saturated carbocycles. The molecule has 2 aromatic rings. The number of nitrogens with one attached hydrogen (secondary N) is 2. The summed E-state index contributed by atoms with van der Waals surface area (Å²) >= 11 is 0. The molecule has 1 saturated heterocycles. The average Bonchev–Trinajstić information content (AvgIpc) is 3.28. The van der Waals surface area contributed by atoms with Gasteiger partial charge in [0.25, 0.3) is 0 Å². The maximum absolute atomic E-state index is 13.3. The molecule has 9 heteroatoms. The van der Waals surface area contributed by atoms with Gasteiger partial charge in [-0.05, 0) is 30.9 Å². The molecule has 0 aliphatic carbocycles. The van der Waals surface area contributed by atoms with Gasteiger partial charge in [0.05, 0.1) is 11.8 Å². The van der Waals surface area contributed by atoms with E-state index in [1.807, 2.05) is 30.9 Å². The molecule has 1 amide bonds. The van der Waals surface area contributed by atoms with Crippen molar-refractivity contribution in [3.8, 4) is 0 Å². The maximum Gasteiger partial charge on any atom is 0.240 e. The van der Waals surface area contributed by atoms with Gasteiger partial charge in [0.15, 0.2) is 15.5 Å². The van der Waals surface area contributed by atoms with E-state index >= 15 is 0 Å². The van der Waals surface area contributed by atoms with E-state index < -0.39 is 15.9 Å². The number of hydrogen-bond acceptors (Lipinski definition) is 6. The monoisotopic (exact) mass is 417 g/mol. The molecule has 3 atom stereocenters. The van der Waals surface area contributed by atoms with Crippen molar-refractivity contribution < 1.29 is 13.2 Å². The Morgan fingerprint density at radius 3 is 2.93 bits per heavy atom. The van der Waals surface area contributed by atoms with Crippen LogP contribution in [0, 0.1) is 5.92 Å². The number of fused-ring (bicyclic) bond motifs is 1. The zero-order valence-electron chi connectivity index (χ0n) is 16.7. The molecule has 8 nitrogen and oxygen atoms in total. The lowest BCUT2D eigenvalue weighted by Crippen LogP contribution is -2.54. The fraction of sp³-hybridized carbons (Fsp3) is 0.550. The quantitative estimate of drug-likeness (QED) is 0.765.